The molecule has 1 fully saturated rings. The molecule has 120 valence electrons. The van der Waals surface area contributed by atoms with Crippen molar-refractivity contribution in [2.75, 3.05) is 0 Å². The molecule has 0 bridgehead atoms. The molecule has 2 amide bonds. The van der Waals surface area contributed by atoms with E-state index < -0.39 is 5.91 Å². The third-order valence-corrected chi connectivity index (χ3v) is 4.12. The number of nitrogens with two attached hydrogens (primary N) is 1. The Labute approximate surface area is 142 Å². The zero-order valence-corrected chi connectivity index (χ0v) is 13.2. The molecule has 3 rings (SSSR count). The van der Waals surface area contributed by atoms with Crippen LogP contribution in [0.4, 0.5) is 5.69 Å². The number of carbonyl (C=O) groups excluding carboxylic acids is 2. The van der Waals surface area contributed by atoms with E-state index >= 15 is 0 Å². The maximum Gasteiger partial charge on any atom is 0.264 e. The van der Waals surface area contributed by atoms with Gasteiger partial charge < -0.3 is 16.2 Å². The summed E-state index contributed by atoms with van der Waals surface area (Å²) in [4.78, 5) is 28.2. The highest BCUT2D eigenvalue weighted by Gasteiger charge is 2.24. The summed E-state index contributed by atoms with van der Waals surface area (Å²) in [5.41, 5.74) is 6.70. The summed E-state index contributed by atoms with van der Waals surface area (Å²) < 4.78 is 0. The maximum absolute atomic E-state index is 12.0. The Morgan fingerprint density at radius 3 is 2.75 bits per heavy atom. The number of benzene rings is 2. The van der Waals surface area contributed by atoms with Crippen molar-refractivity contribution in [3.05, 3.63) is 64.6 Å². The SMILES string of the molecule is NC(=O)c1ccccc1N=C1NC(=O)/C(=C/c2cccc(O)c2)S1. The monoisotopic (exact) mass is 339 g/mol. The topological polar surface area (TPSA) is 105 Å². The quantitative estimate of drug-likeness (QED) is 0.747. The highest BCUT2D eigenvalue weighted by molar-refractivity contribution is 8.18. The number of aromatic hydroxyl groups is 1. The lowest BCUT2D eigenvalue weighted by molar-refractivity contribution is -0.115. The van der Waals surface area contributed by atoms with Crippen LogP contribution < -0.4 is 11.1 Å². The highest BCUT2D eigenvalue weighted by Crippen LogP contribution is 2.29. The first-order chi connectivity index (χ1) is 11.5. The van der Waals surface area contributed by atoms with E-state index in [1.807, 2.05) is 0 Å². The lowest BCUT2D eigenvalue weighted by Crippen LogP contribution is -2.19. The van der Waals surface area contributed by atoms with Crippen LogP contribution in [-0.4, -0.2) is 22.1 Å². The molecule has 0 unspecified atom stereocenters. The molecule has 0 aromatic heterocycles. The van der Waals surface area contributed by atoms with Gasteiger partial charge in [0.2, 0.25) is 0 Å². The second kappa shape index (κ2) is 6.59. The first-order valence-electron chi connectivity index (χ1n) is 7.00. The van der Waals surface area contributed by atoms with E-state index in [4.69, 9.17) is 5.73 Å². The molecule has 0 spiro atoms. The second-order valence-electron chi connectivity index (χ2n) is 4.96. The minimum atomic E-state index is -0.584. The number of carbonyl (C=O) groups is 2. The Morgan fingerprint density at radius 1 is 1.21 bits per heavy atom. The van der Waals surface area contributed by atoms with Crippen molar-refractivity contribution in [2.24, 2.45) is 10.7 Å². The van der Waals surface area contributed by atoms with E-state index in [0.29, 0.717) is 21.3 Å². The molecular formula is C17H13N3O3S. The van der Waals surface area contributed by atoms with Crippen molar-refractivity contribution in [3.8, 4) is 5.75 Å². The van der Waals surface area contributed by atoms with Crippen LogP contribution in [0.2, 0.25) is 0 Å². The van der Waals surface area contributed by atoms with Crippen molar-refractivity contribution >= 4 is 40.5 Å². The van der Waals surface area contributed by atoms with Gasteiger partial charge in [-0.1, -0.05) is 24.3 Å². The molecule has 2 aromatic carbocycles. The molecule has 0 saturated carbocycles. The number of hydrogen-bond donors (Lipinski definition) is 3. The number of phenols is 1. The minimum absolute atomic E-state index is 0.122. The Hall–Kier alpha value is -3.06. The summed E-state index contributed by atoms with van der Waals surface area (Å²) in [7, 11) is 0. The van der Waals surface area contributed by atoms with Crippen LogP contribution in [0.25, 0.3) is 6.08 Å². The molecule has 0 aliphatic carbocycles. The third-order valence-electron chi connectivity index (χ3n) is 3.21. The number of nitrogens with one attached hydrogen (secondary N) is 1. The summed E-state index contributed by atoms with van der Waals surface area (Å²) in [5, 5.41) is 12.5. The average Bonchev–Trinajstić information content (AvgIpc) is 2.87. The van der Waals surface area contributed by atoms with Gasteiger partial charge in [0.05, 0.1) is 16.2 Å². The fourth-order valence-electron chi connectivity index (χ4n) is 2.14. The van der Waals surface area contributed by atoms with Gasteiger partial charge in [-0.3, -0.25) is 9.59 Å². The van der Waals surface area contributed by atoms with Crippen LogP contribution in [0.15, 0.2) is 58.4 Å². The molecule has 1 aliphatic rings. The van der Waals surface area contributed by atoms with Gasteiger partial charge in [-0.2, -0.15) is 0 Å². The zero-order valence-electron chi connectivity index (χ0n) is 12.4. The van der Waals surface area contributed by atoms with Crippen LogP contribution in [0.5, 0.6) is 5.75 Å². The van der Waals surface area contributed by atoms with Gasteiger partial charge in [-0.15, -0.1) is 0 Å². The van der Waals surface area contributed by atoms with Crippen LogP contribution in [-0.2, 0) is 4.79 Å². The van der Waals surface area contributed by atoms with E-state index in [2.05, 4.69) is 10.3 Å². The number of primary amides is 1. The summed E-state index contributed by atoms with van der Waals surface area (Å²) in [6.07, 6.45) is 1.65. The number of nitrogens with zero attached hydrogens (tertiary/aromatic N) is 1. The molecular weight excluding hydrogens is 326 g/mol. The largest absolute Gasteiger partial charge is 0.508 e. The molecule has 4 N–H and O–H groups in total. The number of thioether (sulfide) groups is 1. The van der Waals surface area contributed by atoms with Gasteiger partial charge >= 0.3 is 0 Å². The zero-order chi connectivity index (χ0) is 17.1. The molecule has 6 nitrogen and oxygen atoms in total. The van der Waals surface area contributed by atoms with Gasteiger partial charge in [-0.05, 0) is 47.7 Å². The number of amidine groups is 1. The number of aliphatic imine (C=N–C) groups is 1. The van der Waals surface area contributed by atoms with Crippen molar-refractivity contribution < 1.29 is 14.7 Å². The molecule has 0 radical (unpaired) electrons. The predicted octanol–water partition coefficient (Wildman–Crippen LogP) is 2.38. The van der Waals surface area contributed by atoms with Crippen LogP contribution in [0.3, 0.4) is 0 Å². The summed E-state index contributed by atoms with van der Waals surface area (Å²) in [6, 6.07) is 13.2. The smallest absolute Gasteiger partial charge is 0.264 e. The predicted molar refractivity (Wildman–Crippen MR) is 93.9 cm³/mol. The van der Waals surface area contributed by atoms with E-state index in [0.717, 1.165) is 11.8 Å². The standard InChI is InChI=1S/C17H13N3O3S/c18-15(22)12-6-1-2-7-13(12)19-17-20-16(23)14(24-17)9-10-4-3-5-11(21)8-10/h1-9,21H,(H2,18,22)(H,19,20,23)/b14-9-. The third kappa shape index (κ3) is 3.47. The van der Waals surface area contributed by atoms with Gasteiger partial charge in [-0.25, -0.2) is 4.99 Å². The van der Waals surface area contributed by atoms with Crippen LogP contribution in [0, 0.1) is 0 Å². The first-order valence-corrected chi connectivity index (χ1v) is 7.82. The number of para-hydroxylation sites is 1. The summed E-state index contributed by atoms with van der Waals surface area (Å²) in [6.45, 7) is 0. The second-order valence-corrected chi connectivity index (χ2v) is 5.99. The average molecular weight is 339 g/mol. The van der Waals surface area contributed by atoms with Gasteiger partial charge in [0.15, 0.2) is 5.17 Å². The van der Waals surface area contributed by atoms with Gasteiger partial charge in [0, 0.05) is 0 Å². The molecule has 7 heteroatoms. The Morgan fingerprint density at radius 2 is 2.00 bits per heavy atom. The molecule has 24 heavy (non-hydrogen) atoms. The molecule has 1 saturated heterocycles. The Kier molecular flexibility index (Phi) is 4.35. The lowest BCUT2D eigenvalue weighted by atomic mass is 10.2. The molecule has 1 aliphatic heterocycles. The summed E-state index contributed by atoms with van der Waals surface area (Å²) in [5.74, 6) is -0.754. The number of phenolic OH excluding ortho intramolecular Hbond substituents is 1. The molecule has 1 heterocycles. The highest BCUT2D eigenvalue weighted by atomic mass is 32.2. The van der Waals surface area contributed by atoms with Gasteiger partial charge in [0.1, 0.15) is 5.75 Å². The maximum atomic E-state index is 12.0. The van der Waals surface area contributed by atoms with E-state index in [1.165, 1.54) is 0 Å². The lowest BCUT2D eigenvalue weighted by Gasteiger charge is -2.01. The fourth-order valence-corrected chi connectivity index (χ4v) is 2.97. The van der Waals surface area contributed by atoms with E-state index in [-0.39, 0.29) is 17.2 Å². The van der Waals surface area contributed by atoms with Crippen molar-refractivity contribution in [2.45, 2.75) is 0 Å². The number of amides is 2. The number of hydrogen-bond acceptors (Lipinski definition) is 5. The van der Waals surface area contributed by atoms with Crippen molar-refractivity contribution in [1.82, 2.24) is 5.32 Å². The van der Waals surface area contributed by atoms with Crippen molar-refractivity contribution in [3.63, 3.8) is 0 Å². The van der Waals surface area contributed by atoms with Crippen LogP contribution >= 0.6 is 11.8 Å². The minimum Gasteiger partial charge on any atom is -0.508 e. The van der Waals surface area contributed by atoms with Crippen molar-refractivity contribution in [1.29, 1.82) is 0 Å². The first kappa shape index (κ1) is 15.8. The summed E-state index contributed by atoms with van der Waals surface area (Å²) >= 11 is 1.15. The molecule has 2 aromatic rings. The van der Waals surface area contributed by atoms with Crippen LogP contribution in [0.1, 0.15) is 15.9 Å². The van der Waals surface area contributed by atoms with Gasteiger partial charge in [0.25, 0.3) is 11.8 Å². The Bertz CT molecular complexity index is 890. The normalized spacial score (nSPS) is 17.2. The number of rotatable bonds is 3. The fraction of sp³-hybridized carbons (Fsp3) is 0. The van der Waals surface area contributed by atoms with E-state index in [9.17, 15) is 14.7 Å². The Balaban J connectivity index is 1.89. The molecule has 0 atom stereocenters. The van der Waals surface area contributed by atoms with E-state index in [1.54, 1.807) is 54.6 Å².